The molecule has 0 saturated carbocycles. The molecule has 2 aliphatic heterocycles. The number of hydrogen-bond donors (Lipinski definition) is 1. The Hall–Kier alpha value is -2.54. The zero-order valence-corrected chi connectivity index (χ0v) is 17.4. The topological polar surface area (TPSA) is 70.7 Å². The minimum Gasteiger partial charge on any atom is -0.493 e. The summed E-state index contributed by atoms with van der Waals surface area (Å²) in [7, 11) is 1.67. The number of benzene rings is 1. The lowest BCUT2D eigenvalue weighted by Gasteiger charge is -2.20. The monoisotopic (exact) mass is 398 g/mol. The summed E-state index contributed by atoms with van der Waals surface area (Å²) in [6.45, 7) is 7.08. The van der Waals surface area contributed by atoms with E-state index in [4.69, 9.17) is 14.5 Å². The Morgan fingerprint density at radius 2 is 1.90 bits per heavy atom. The number of rotatable bonds is 6. The normalized spacial score (nSPS) is 17.1. The molecule has 1 aromatic carbocycles. The fourth-order valence-electron chi connectivity index (χ4n) is 4.22. The van der Waals surface area contributed by atoms with Crippen molar-refractivity contribution in [3.05, 3.63) is 45.4 Å². The zero-order valence-electron chi connectivity index (χ0n) is 17.4. The van der Waals surface area contributed by atoms with E-state index in [-0.39, 0.29) is 5.56 Å². The van der Waals surface area contributed by atoms with E-state index in [1.807, 2.05) is 19.1 Å². The third-order valence-electron chi connectivity index (χ3n) is 5.77. The van der Waals surface area contributed by atoms with Crippen LogP contribution in [0.25, 0.3) is 0 Å². The number of methoxy groups -OCH3 is 1. The molecule has 0 unspecified atom stereocenters. The van der Waals surface area contributed by atoms with Crippen molar-refractivity contribution in [2.75, 3.05) is 44.8 Å². The molecule has 0 amide bonds. The molecule has 1 aromatic heterocycles. The number of ether oxygens (including phenoxy) is 2. The van der Waals surface area contributed by atoms with Crippen LogP contribution in [0.15, 0.2) is 23.0 Å². The number of hydrogen-bond acceptors (Lipinski definition) is 6. The van der Waals surface area contributed by atoms with E-state index >= 15 is 0 Å². The summed E-state index contributed by atoms with van der Waals surface area (Å²) in [5.74, 6) is 2.28. The van der Waals surface area contributed by atoms with Gasteiger partial charge in [0, 0.05) is 44.7 Å². The maximum absolute atomic E-state index is 12.7. The zero-order chi connectivity index (χ0) is 20.2. The number of fused-ring (bicyclic) bond motifs is 1. The van der Waals surface area contributed by atoms with Gasteiger partial charge >= 0.3 is 0 Å². The Labute approximate surface area is 171 Å². The largest absolute Gasteiger partial charge is 0.493 e. The highest BCUT2D eigenvalue weighted by atomic mass is 16.5. The van der Waals surface area contributed by atoms with Crippen LogP contribution in [0.4, 0.5) is 5.95 Å². The molecule has 1 saturated heterocycles. The van der Waals surface area contributed by atoms with Crippen molar-refractivity contribution in [3.63, 3.8) is 0 Å². The summed E-state index contributed by atoms with van der Waals surface area (Å²) in [5.41, 5.74) is 3.01. The van der Waals surface area contributed by atoms with Gasteiger partial charge in [-0.2, -0.15) is 0 Å². The summed E-state index contributed by atoms with van der Waals surface area (Å²) in [5, 5.41) is 0. The molecule has 7 heteroatoms. The van der Waals surface area contributed by atoms with Crippen LogP contribution in [-0.4, -0.2) is 54.8 Å². The summed E-state index contributed by atoms with van der Waals surface area (Å²) in [4.78, 5) is 25.1. The van der Waals surface area contributed by atoms with E-state index in [9.17, 15) is 4.79 Å². The second kappa shape index (κ2) is 8.86. The van der Waals surface area contributed by atoms with Gasteiger partial charge in [0.15, 0.2) is 11.5 Å². The molecule has 2 aliphatic rings. The van der Waals surface area contributed by atoms with Crippen LogP contribution < -0.4 is 19.9 Å². The van der Waals surface area contributed by atoms with E-state index in [1.165, 1.54) is 18.4 Å². The Morgan fingerprint density at radius 3 is 2.66 bits per heavy atom. The molecule has 29 heavy (non-hydrogen) atoms. The second-order valence-corrected chi connectivity index (χ2v) is 7.70. The van der Waals surface area contributed by atoms with E-state index in [1.54, 1.807) is 7.11 Å². The van der Waals surface area contributed by atoms with Crippen LogP contribution in [0.5, 0.6) is 11.5 Å². The molecule has 4 rings (SSSR count). The molecule has 156 valence electrons. The molecule has 0 spiro atoms. The quantitative estimate of drug-likeness (QED) is 0.806. The van der Waals surface area contributed by atoms with Crippen molar-refractivity contribution in [1.29, 1.82) is 0 Å². The Morgan fingerprint density at radius 1 is 1.10 bits per heavy atom. The van der Waals surface area contributed by atoms with Crippen molar-refractivity contribution < 1.29 is 9.47 Å². The van der Waals surface area contributed by atoms with Crippen molar-refractivity contribution in [3.8, 4) is 11.5 Å². The molecular formula is C22H30N4O3. The van der Waals surface area contributed by atoms with E-state index in [0.717, 1.165) is 74.3 Å². The fourth-order valence-corrected chi connectivity index (χ4v) is 4.22. The molecule has 1 N–H and O–H groups in total. The lowest BCUT2D eigenvalue weighted by molar-refractivity contribution is 0.277. The Balaban J connectivity index is 1.47. The van der Waals surface area contributed by atoms with Crippen LogP contribution in [0.1, 0.15) is 36.6 Å². The number of aromatic amines is 1. The third-order valence-corrected chi connectivity index (χ3v) is 5.77. The first-order valence-electron chi connectivity index (χ1n) is 10.6. The number of aromatic nitrogens is 2. The van der Waals surface area contributed by atoms with Crippen molar-refractivity contribution in [2.45, 2.75) is 39.2 Å². The maximum atomic E-state index is 12.7. The molecular weight excluding hydrogens is 368 g/mol. The summed E-state index contributed by atoms with van der Waals surface area (Å²) >= 11 is 0. The van der Waals surface area contributed by atoms with Gasteiger partial charge in [0.1, 0.15) is 0 Å². The molecule has 3 heterocycles. The molecule has 0 atom stereocenters. The van der Waals surface area contributed by atoms with Gasteiger partial charge in [-0.1, -0.05) is 6.07 Å². The van der Waals surface area contributed by atoms with Crippen molar-refractivity contribution in [2.24, 2.45) is 0 Å². The Kier molecular flexibility index (Phi) is 6.04. The molecule has 7 nitrogen and oxygen atoms in total. The SMILES string of the molecule is CCOc1ccc(CN2CCc3nc(N4CCCC4)[nH]c(=O)c3CC2)cc1OC. The number of nitrogens with one attached hydrogen (secondary N) is 1. The first-order valence-corrected chi connectivity index (χ1v) is 10.6. The van der Waals surface area contributed by atoms with Crippen LogP contribution in [-0.2, 0) is 19.4 Å². The average molecular weight is 399 g/mol. The van der Waals surface area contributed by atoms with Gasteiger partial charge in [0.2, 0.25) is 5.95 Å². The van der Waals surface area contributed by atoms with Gasteiger partial charge in [-0.15, -0.1) is 0 Å². The number of nitrogens with zero attached hydrogens (tertiary/aromatic N) is 3. The van der Waals surface area contributed by atoms with E-state index in [2.05, 4.69) is 20.9 Å². The van der Waals surface area contributed by atoms with E-state index in [0.29, 0.717) is 6.61 Å². The van der Waals surface area contributed by atoms with Gasteiger partial charge in [0.05, 0.1) is 19.4 Å². The highest BCUT2D eigenvalue weighted by Crippen LogP contribution is 2.29. The minimum absolute atomic E-state index is 0.0292. The molecule has 1 fully saturated rings. The lowest BCUT2D eigenvalue weighted by atomic mass is 10.1. The Bertz CT molecular complexity index is 905. The first-order chi connectivity index (χ1) is 14.2. The highest BCUT2D eigenvalue weighted by molar-refractivity contribution is 5.43. The van der Waals surface area contributed by atoms with Crippen LogP contribution in [0.3, 0.4) is 0 Å². The number of anilines is 1. The molecule has 0 radical (unpaired) electrons. The fraction of sp³-hybridized carbons (Fsp3) is 0.545. The standard InChI is InChI=1S/C22H30N4O3/c1-3-29-19-7-6-16(14-20(19)28-2)15-25-12-8-17-18(9-13-25)23-22(24-21(17)27)26-10-4-5-11-26/h6-7,14H,3-5,8-13,15H2,1-2H3,(H,23,24,27). The maximum Gasteiger partial charge on any atom is 0.255 e. The predicted molar refractivity (Wildman–Crippen MR) is 113 cm³/mol. The van der Waals surface area contributed by atoms with Gasteiger partial charge in [0.25, 0.3) is 5.56 Å². The first kappa shape index (κ1) is 19.8. The van der Waals surface area contributed by atoms with Gasteiger partial charge in [-0.05, 0) is 43.9 Å². The molecule has 0 bridgehead atoms. The second-order valence-electron chi connectivity index (χ2n) is 7.70. The average Bonchev–Trinajstić information content (AvgIpc) is 3.19. The summed E-state index contributed by atoms with van der Waals surface area (Å²) in [6, 6.07) is 6.10. The molecule has 2 aromatic rings. The van der Waals surface area contributed by atoms with E-state index < -0.39 is 0 Å². The highest BCUT2D eigenvalue weighted by Gasteiger charge is 2.22. The van der Waals surface area contributed by atoms with Crippen LogP contribution in [0, 0.1) is 0 Å². The predicted octanol–water partition coefficient (Wildman–Crippen LogP) is 2.38. The van der Waals surface area contributed by atoms with Crippen molar-refractivity contribution >= 4 is 5.95 Å². The van der Waals surface area contributed by atoms with Gasteiger partial charge in [-0.25, -0.2) is 4.98 Å². The lowest BCUT2D eigenvalue weighted by Crippen LogP contribution is -2.27. The van der Waals surface area contributed by atoms with Gasteiger partial charge in [-0.3, -0.25) is 14.7 Å². The minimum atomic E-state index is 0.0292. The van der Waals surface area contributed by atoms with Crippen molar-refractivity contribution in [1.82, 2.24) is 14.9 Å². The van der Waals surface area contributed by atoms with Crippen LogP contribution >= 0.6 is 0 Å². The van der Waals surface area contributed by atoms with Gasteiger partial charge < -0.3 is 14.4 Å². The smallest absolute Gasteiger partial charge is 0.255 e. The molecule has 0 aliphatic carbocycles. The van der Waals surface area contributed by atoms with Crippen LogP contribution in [0.2, 0.25) is 0 Å². The number of H-pyrrole nitrogens is 1. The third kappa shape index (κ3) is 4.40. The summed E-state index contributed by atoms with van der Waals surface area (Å²) in [6.07, 6.45) is 3.86. The summed E-state index contributed by atoms with van der Waals surface area (Å²) < 4.78 is 11.1.